The second-order valence-corrected chi connectivity index (χ2v) is 4.26. The van der Waals surface area contributed by atoms with Gasteiger partial charge in [0.1, 0.15) is 0 Å². The standard InChI is InChI=1S/C9H14ClN5O/c1-5-3-15(4-6(2)16-5)9-13-7(10)12-8(11)14-9/h5-6H,3-4H2,1-2H3,(H2,11,12,13,14). The predicted molar refractivity (Wildman–Crippen MR) is 61.5 cm³/mol. The molecule has 1 aliphatic heterocycles. The van der Waals surface area contributed by atoms with Crippen LogP contribution in [-0.4, -0.2) is 40.2 Å². The molecule has 7 heteroatoms. The minimum Gasteiger partial charge on any atom is -0.372 e. The van der Waals surface area contributed by atoms with E-state index in [-0.39, 0.29) is 23.4 Å². The summed E-state index contributed by atoms with van der Waals surface area (Å²) in [6.45, 7) is 5.47. The molecule has 0 radical (unpaired) electrons. The molecule has 0 spiro atoms. The Labute approximate surface area is 98.8 Å². The SMILES string of the molecule is CC1CN(c2nc(N)nc(Cl)n2)CC(C)O1. The summed E-state index contributed by atoms with van der Waals surface area (Å²) in [5.74, 6) is 0.654. The average molecular weight is 244 g/mol. The lowest BCUT2D eigenvalue weighted by atomic mass is 10.2. The Bertz CT molecular complexity index is 358. The maximum atomic E-state index is 5.74. The molecule has 1 saturated heterocycles. The van der Waals surface area contributed by atoms with Crippen molar-refractivity contribution in [3.63, 3.8) is 0 Å². The highest BCUT2D eigenvalue weighted by Gasteiger charge is 2.24. The minimum absolute atomic E-state index is 0.120. The molecule has 16 heavy (non-hydrogen) atoms. The van der Waals surface area contributed by atoms with Crippen molar-refractivity contribution >= 4 is 23.5 Å². The van der Waals surface area contributed by atoms with E-state index in [4.69, 9.17) is 22.1 Å². The summed E-state index contributed by atoms with van der Waals surface area (Å²) in [5.41, 5.74) is 5.53. The van der Waals surface area contributed by atoms with Crippen molar-refractivity contribution in [3.05, 3.63) is 5.28 Å². The van der Waals surface area contributed by atoms with Gasteiger partial charge in [-0.1, -0.05) is 0 Å². The lowest BCUT2D eigenvalue weighted by molar-refractivity contribution is -0.00572. The van der Waals surface area contributed by atoms with Crippen LogP contribution >= 0.6 is 11.6 Å². The van der Waals surface area contributed by atoms with Crippen LogP contribution in [0.5, 0.6) is 0 Å². The van der Waals surface area contributed by atoms with Gasteiger partial charge < -0.3 is 15.4 Å². The van der Waals surface area contributed by atoms with Crippen molar-refractivity contribution < 1.29 is 4.74 Å². The number of anilines is 2. The molecule has 2 heterocycles. The molecular formula is C9H14ClN5O. The number of nitrogens with zero attached hydrogens (tertiary/aromatic N) is 4. The average Bonchev–Trinajstić information content (AvgIpc) is 2.14. The molecular weight excluding hydrogens is 230 g/mol. The molecule has 0 aliphatic carbocycles. The fraction of sp³-hybridized carbons (Fsp3) is 0.667. The van der Waals surface area contributed by atoms with Crippen molar-refractivity contribution in [2.45, 2.75) is 26.1 Å². The van der Waals surface area contributed by atoms with Gasteiger partial charge in [0, 0.05) is 13.1 Å². The Morgan fingerprint density at radius 3 is 2.44 bits per heavy atom. The van der Waals surface area contributed by atoms with E-state index >= 15 is 0 Å². The van der Waals surface area contributed by atoms with Crippen LogP contribution in [0.2, 0.25) is 5.28 Å². The Morgan fingerprint density at radius 1 is 1.25 bits per heavy atom. The van der Waals surface area contributed by atoms with Gasteiger partial charge in [0.25, 0.3) is 0 Å². The van der Waals surface area contributed by atoms with Crippen LogP contribution in [0, 0.1) is 0 Å². The van der Waals surface area contributed by atoms with Crippen molar-refractivity contribution in [3.8, 4) is 0 Å². The molecule has 1 aromatic heterocycles. The van der Waals surface area contributed by atoms with Crippen LogP contribution in [0.4, 0.5) is 11.9 Å². The van der Waals surface area contributed by atoms with Crippen molar-refractivity contribution in [2.24, 2.45) is 0 Å². The first kappa shape index (κ1) is 11.3. The van der Waals surface area contributed by atoms with Crippen LogP contribution in [0.3, 0.4) is 0 Å². The van der Waals surface area contributed by atoms with Crippen molar-refractivity contribution in [1.82, 2.24) is 15.0 Å². The van der Waals surface area contributed by atoms with E-state index in [0.29, 0.717) is 5.95 Å². The van der Waals surface area contributed by atoms with Gasteiger partial charge in [-0.25, -0.2) is 0 Å². The van der Waals surface area contributed by atoms with E-state index in [1.807, 2.05) is 18.7 Å². The summed E-state index contributed by atoms with van der Waals surface area (Å²) in [7, 11) is 0. The molecule has 2 unspecified atom stereocenters. The fourth-order valence-corrected chi connectivity index (χ4v) is 2.00. The summed E-state index contributed by atoms with van der Waals surface area (Å²) in [4.78, 5) is 13.9. The summed E-state index contributed by atoms with van der Waals surface area (Å²) >= 11 is 5.74. The normalized spacial score (nSPS) is 25.8. The summed E-state index contributed by atoms with van der Waals surface area (Å²) < 4.78 is 5.62. The Morgan fingerprint density at radius 2 is 1.88 bits per heavy atom. The molecule has 6 nitrogen and oxygen atoms in total. The number of nitrogen functional groups attached to an aromatic ring is 1. The quantitative estimate of drug-likeness (QED) is 0.783. The lowest BCUT2D eigenvalue weighted by Crippen LogP contribution is -2.46. The fourth-order valence-electron chi connectivity index (χ4n) is 1.84. The summed E-state index contributed by atoms with van der Waals surface area (Å²) in [6, 6.07) is 0. The van der Waals surface area contributed by atoms with E-state index in [1.54, 1.807) is 0 Å². The van der Waals surface area contributed by atoms with Gasteiger partial charge in [0.15, 0.2) is 0 Å². The maximum Gasteiger partial charge on any atom is 0.231 e. The smallest absolute Gasteiger partial charge is 0.231 e. The highest BCUT2D eigenvalue weighted by Crippen LogP contribution is 2.18. The number of hydrogen-bond donors (Lipinski definition) is 1. The summed E-state index contributed by atoms with van der Waals surface area (Å²) in [6.07, 6.45) is 0.279. The van der Waals surface area contributed by atoms with Crippen LogP contribution in [0.15, 0.2) is 0 Å². The van der Waals surface area contributed by atoms with Crippen molar-refractivity contribution in [2.75, 3.05) is 23.7 Å². The third-order valence-electron chi connectivity index (χ3n) is 2.32. The first-order valence-electron chi connectivity index (χ1n) is 5.12. The largest absolute Gasteiger partial charge is 0.372 e. The predicted octanol–water partition coefficient (Wildman–Crippen LogP) is 0.721. The van der Waals surface area contributed by atoms with E-state index in [0.717, 1.165) is 13.1 Å². The topological polar surface area (TPSA) is 77.2 Å². The van der Waals surface area contributed by atoms with Crippen LogP contribution < -0.4 is 10.6 Å². The van der Waals surface area contributed by atoms with Gasteiger partial charge in [0.2, 0.25) is 17.2 Å². The second-order valence-electron chi connectivity index (χ2n) is 3.92. The van der Waals surface area contributed by atoms with Gasteiger partial charge in [0.05, 0.1) is 12.2 Å². The third kappa shape index (κ3) is 2.51. The molecule has 2 rings (SSSR count). The third-order valence-corrected chi connectivity index (χ3v) is 2.49. The molecule has 0 saturated carbocycles. The Hall–Kier alpha value is -1.14. The molecule has 2 N–H and O–H groups in total. The zero-order chi connectivity index (χ0) is 11.7. The van der Waals surface area contributed by atoms with E-state index < -0.39 is 0 Å². The minimum atomic E-state index is 0.120. The van der Waals surface area contributed by atoms with Crippen LogP contribution in [0.1, 0.15) is 13.8 Å². The molecule has 1 aromatic rings. The molecule has 88 valence electrons. The second kappa shape index (κ2) is 4.39. The van der Waals surface area contributed by atoms with Gasteiger partial charge in [-0.05, 0) is 25.4 Å². The zero-order valence-corrected chi connectivity index (χ0v) is 9.98. The van der Waals surface area contributed by atoms with E-state index in [1.165, 1.54) is 0 Å². The first-order chi connectivity index (χ1) is 7.54. The number of nitrogens with two attached hydrogens (primary N) is 1. The molecule has 2 atom stereocenters. The van der Waals surface area contributed by atoms with Gasteiger partial charge >= 0.3 is 0 Å². The monoisotopic (exact) mass is 243 g/mol. The highest BCUT2D eigenvalue weighted by atomic mass is 35.5. The zero-order valence-electron chi connectivity index (χ0n) is 9.22. The number of rotatable bonds is 1. The Kier molecular flexibility index (Phi) is 3.11. The van der Waals surface area contributed by atoms with E-state index in [2.05, 4.69) is 15.0 Å². The molecule has 1 aliphatic rings. The van der Waals surface area contributed by atoms with Crippen molar-refractivity contribution in [1.29, 1.82) is 0 Å². The number of ether oxygens (including phenoxy) is 1. The molecule has 1 fully saturated rings. The van der Waals surface area contributed by atoms with Gasteiger partial charge in [-0.2, -0.15) is 15.0 Å². The van der Waals surface area contributed by atoms with Gasteiger partial charge in [-0.3, -0.25) is 0 Å². The molecule has 0 bridgehead atoms. The molecule has 0 aromatic carbocycles. The molecule has 0 amide bonds. The number of hydrogen-bond acceptors (Lipinski definition) is 6. The van der Waals surface area contributed by atoms with Crippen LogP contribution in [-0.2, 0) is 4.74 Å². The number of morpholine rings is 1. The van der Waals surface area contributed by atoms with E-state index in [9.17, 15) is 0 Å². The Balaban J connectivity index is 2.22. The van der Waals surface area contributed by atoms with Crippen LogP contribution in [0.25, 0.3) is 0 Å². The van der Waals surface area contributed by atoms with Gasteiger partial charge in [-0.15, -0.1) is 0 Å². The first-order valence-corrected chi connectivity index (χ1v) is 5.50. The number of aromatic nitrogens is 3. The lowest BCUT2D eigenvalue weighted by Gasteiger charge is -2.35. The number of halogens is 1. The maximum absolute atomic E-state index is 5.74. The highest BCUT2D eigenvalue weighted by molar-refractivity contribution is 6.28. The summed E-state index contributed by atoms with van der Waals surface area (Å²) in [5, 5.41) is 0.120.